The van der Waals surface area contributed by atoms with Crippen LogP contribution in [-0.4, -0.2) is 39.8 Å². The van der Waals surface area contributed by atoms with E-state index in [1.165, 1.54) is 0 Å². The standard InChI is InChI=1S/C16H24N2O4S/c1-12(16(19)17-13-6-4-5-7-13)18(23(3,20)21)14-8-10-15(22-2)11-9-14/h8-13H,4-7H2,1-3H3,(H,17,19)/t12-/m1/s1. The van der Waals surface area contributed by atoms with Crippen molar-refractivity contribution in [2.45, 2.75) is 44.7 Å². The van der Waals surface area contributed by atoms with Crippen LogP contribution in [0, 0.1) is 0 Å². The van der Waals surface area contributed by atoms with Crippen LogP contribution >= 0.6 is 0 Å². The Morgan fingerprint density at radius 1 is 1.26 bits per heavy atom. The summed E-state index contributed by atoms with van der Waals surface area (Å²) in [6, 6.07) is 5.98. The van der Waals surface area contributed by atoms with Crippen molar-refractivity contribution >= 4 is 21.6 Å². The molecule has 2 rings (SSSR count). The van der Waals surface area contributed by atoms with Crippen LogP contribution in [0.15, 0.2) is 24.3 Å². The lowest BCUT2D eigenvalue weighted by molar-refractivity contribution is -0.122. The van der Waals surface area contributed by atoms with Gasteiger partial charge in [-0.05, 0) is 44.0 Å². The zero-order valence-electron chi connectivity index (χ0n) is 13.8. The fraction of sp³-hybridized carbons (Fsp3) is 0.562. The maximum Gasteiger partial charge on any atom is 0.243 e. The summed E-state index contributed by atoms with van der Waals surface area (Å²) in [5, 5.41) is 2.95. The van der Waals surface area contributed by atoms with Crippen molar-refractivity contribution in [3.8, 4) is 5.75 Å². The van der Waals surface area contributed by atoms with Gasteiger partial charge >= 0.3 is 0 Å². The third-order valence-corrected chi connectivity index (χ3v) is 5.36. The van der Waals surface area contributed by atoms with Crippen molar-refractivity contribution in [1.29, 1.82) is 0 Å². The molecule has 0 bridgehead atoms. The first-order chi connectivity index (χ1) is 10.8. The molecule has 1 aromatic carbocycles. The number of amides is 1. The van der Waals surface area contributed by atoms with E-state index in [2.05, 4.69) is 5.32 Å². The molecule has 128 valence electrons. The van der Waals surface area contributed by atoms with Gasteiger partial charge in [-0.25, -0.2) is 8.42 Å². The summed E-state index contributed by atoms with van der Waals surface area (Å²) >= 11 is 0. The molecule has 1 aliphatic carbocycles. The molecular formula is C16H24N2O4S. The highest BCUT2D eigenvalue weighted by Crippen LogP contribution is 2.24. The van der Waals surface area contributed by atoms with E-state index in [0.29, 0.717) is 11.4 Å². The topological polar surface area (TPSA) is 75.7 Å². The smallest absolute Gasteiger partial charge is 0.243 e. The second-order valence-corrected chi connectivity index (χ2v) is 7.78. The van der Waals surface area contributed by atoms with E-state index in [-0.39, 0.29) is 11.9 Å². The highest BCUT2D eigenvalue weighted by atomic mass is 32.2. The van der Waals surface area contributed by atoms with Gasteiger partial charge in [-0.1, -0.05) is 12.8 Å². The second kappa shape index (κ2) is 7.21. The largest absolute Gasteiger partial charge is 0.497 e. The predicted octanol–water partition coefficient (Wildman–Crippen LogP) is 1.91. The Morgan fingerprint density at radius 3 is 2.30 bits per heavy atom. The Balaban J connectivity index is 2.21. The van der Waals surface area contributed by atoms with E-state index in [0.717, 1.165) is 36.2 Å². The Kier molecular flexibility index (Phi) is 5.51. The first-order valence-corrected chi connectivity index (χ1v) is 9.61. The van der Waals surface area contributed by atoms with Crippen molar-refractivity contribution in [3.05, 3.63) is 24.3 Å². The van der Waals surface area contributed by atoms with Crippen molar-refractivity contribution < 1.29 is 17.9 Å². The fourth-order valence-corrected chi connectivity index (χ4v) is 4.10. The third-order valence-electron chi connectivity index (χ3n) is 4.12. The van der Waals surface area contributed by atoms with Gasteiger partial charge in [-0.3, -0.25) is 9.10 Å². The van der Waals surface area contributed by atoms with E-state index in [9.17, 15) is 13.2 Å². The maximum absolute atomic E-state index is 12.4. The summed E-state index contributed by atoms with van der Waals surface area (Å²) in [5.74, 6) is 0.364. The van der Waals surface area contributed by atoms with Crippen LogP contribution in [0.3, 0.4) is 0 Å². The maximum atomic E-state index is 12.4. The lowest BCUT2D eigenvalue weighted by Crippen LogP contribution is -2.49. The van der Waals surface area contributed by atoms with Gasteiger partial charge in [-0.15, -0.1) is 0 Å². The van der Waals surface area contributed by atoms with Crippen molar-refractivity contribution in [3.63, 3.8) is 0 Å². The fourth-order valence-electron chi connectivity index (χ4n) is 2.93. The molecule has 1 saturated carbocycles. The number of nitrogens with one attached hydrogen (secondary N) is 1. The lowest BCUT2D eigenvalue weighted by atomic mass is 10.2. The average Bonchev–Trinajstić information content (AvgIpc) is 2.99. The minimum Gasteiger partial charge on any atom is -0.497 e. The average molecular weight is 340 g/mol. The molecule has 1 amide bonds. The monoisotopic (exact) mass is 340 g/mol. The molecule has 0 heterocycles. The highest BCUT2D eigenvalue weighted by molar-refractivity contribution is 7.92. The SMILES string of the molecule is COc1ccc(N([C@H](C)C(=O)NC2CCCC2)S(C)(=O)=O)cc1. The molecule has 23 heavy (non-hydrogen) atoms. The second-order valence-electron chi connectivity index (χ2n) is 5.92. The first-order valence-electron chi connectivity index (χ1n) is 7.77. The molecule has 0 aromatic heterocycles. The first kappa shape index (κ1) is 17.6. The molecule has 0 radical (unpaired) electrons. The summed E-state index contributed by atoms with van der Waals surface area (Å²) in [6.45, 7) is 1.61. The molecule has 1 fully saturated rings. The van der Waals surface area contributed by atoms with Gasteiger partial charge in [0, 0.05) is 6.04 Å². The number of carbonyl (C=O) groups is 1. The molecular weight excluding hydrogens is 316 g/mol. The number of benzene rings is 1. The van der Waals surface area contributed by atoms with Crippen LogP contribution in [-0.2, 0) is 14.8 Å². The van der Waals surface area contributed by atoms with Crippen molar-refractivity contribution in [1.82, 2.24) is 5.32 Å². The van der Waals surface area contributed by atoms with Gasteiger partial charge in [0.2, 0.25) is 15.9 Å². The number of nitrogens with zero attached hydrogens (tertiary/aromatic N) is 1. The van der Waals surface area contributed by atoms with Crippen LogP contribution in [0.4, 0.5) is 5.69 Å². The predicted molar refractivity (Wildman–Crippen MR) is 90.2 cm³/mol. The molecule has 1 N–H and O–H groups in total. The van der Waals surface area contributed by atoms with E-state index >= 15 is 0 Å². The number of methoxy groups -OCH3 is 1. The van der Waals surface area contributed by atoms with Gasteiger partial charge < -0.3 is 10.1 Å². The minimum atomic E-state index is -3.58. The molecule has 6 nitrogen and oxygen atoms in total. The van der Waals surface area contributed by atoms with Gasteiger partial charge in [0.15, 0.2) is 0 Å². The Morgan fingerprint density at radius 2 is 1.83 bits per heavy atom. The van der Waals surface area contributed by atoms with Crippen LogP contribution in [0.2, 0.25) is 0 Å². The molecule has 0 aliphatic heterocycles. The van der Waals surface area contributed by atoms with Gasteiger partial charge in [0.05, 0.1) is 19.1 Å². The third kappa shape index (κ3) is 4.37. The van der Waals surface area contributed by atoms with Gasteiger partial charge in [0.1, 0.15) is 11.8 Å². The van der Waals surface area contributed by atoms with E-state index in [1.54, 1.807) is 38.3 Å². The summed E-state index contributed by atoms with van der Waals surface area (Å²) in [6.07, 6.45) is 5.23. The molecule has 1 atom stereocenters. The van der Waals surface area contributed by atoms with Crippen LogP contribution in [0.1, 0.15) is 32.6 Å². The quantitative estimate of drug-likeness (QED) is 0.858. The molecule has 7 heteroatoms. The van der Waals surface area contributed by atoms with Gasteiger partial charge in [0.25, 0.3) is 0 Å². The summed E-state index contributed by atoms with van der Waals surface area (Å²) in [4.78, 5) is 12.4. The number of ether oxygens (including phenoxy) is 1. The lowest BCUT2D eigenvalue weighted by Gasteiger charge is -2.29. The normalized spacial score (nSPS) is 16.8. The number of rotatable bonds is 6. The summed E-state index contributed by atoms with van der Waals surface area (Å²) < 4.78 is 30.6. The highest BCUT2D eigenvalue weighted by Gasteiger charge is 2.30. The number of anilines is 1. The molecule has 0 saturated heterocycles. The van der Waals surface area contributed by atoms with E-state index in [4.69, 9.17) is 4.74 Å². The zero-order chi connectivity index (χ0) is 17.0. The molecule has 0 unspecified atom stereocenters. The Hall–Kier alpha value is -1.76. The van der Waals surface area contributed by atoms with Crippen LogP contribution < -0.4 is 14.4 Å². The minimum absolute atomic E-state index is 0.155. The number of sulfonamides is 1. The van der Waals surface area contributed by atoms with E-state index in [1.807, 2.05) is 0 Å². The molecule has 0 spiro atoms. The van der Waals surface area contributed by atoms with Crippen molar-refractivity contribution in [2.75, 3.05) is 17.7 Å². The molecule has 1 aromatic rings. The molecule has 1 aliphatic rings. The number of carbonyl (C=O) groups excluding carboxylic acids is 1. The van der Waals surface area contributed by atoms with E-state index < -0.39 is 16.1 Å². The summed E-state index contributed by atoms with van der Waals surface area (Å²) in [7, 11) is -2.04. The van der Waals surface area contributed by atoms with Crippen LogP contribution in [0.5, 0.6) is 5.75 Å². The number of hydrogen-bond donors (Lipinski definition) is 1. The van der Waals surface area contributed by atoms with Gasteiger partial charge in [-0.2, -0.15) is 0 Å². The van der Waals surface area contributed by atoms with Crippen molar-refractivity contribution in [2.24, 2.45) is 0 Å². The number of hydrogen-bond acceptors (Lipinski definition) is 4. The summed E-state index contributed by atoms with van der Waals surface area (Å²) in [5.41, 5.74) is 0.447. The Bertz CT molecular complexity index is 637. The zero-order valence-corrected chi connectivity index (χ0v) is 14.6. The van der Waals surface area contributed by atoms with Crippen LogP contribution in [0.25, 0.3) is 0 Å². The Labute approximate surface area is 137 Å².